The fourth-order valence-electron chi connectivity index (χ4n) is 3.89. The van der Waals surface area contributed by atoms with Gasteiger partial charge in [-0.2, -0.15) is 0 Å². The number of hydrogen-bond acceptors (Lipinski definition) is 4. The van der Waals surface area contributed by atoms with Crippen LogP contribution < -0.4 is 0 Å². The maximum atomic E-state index is 11.7. The molecule has 0 unspecified atom stereocenters. The van der Waals surface area contributed by atoms with Gasteiger partial charge in [-0.25, -0.2) is 0 Å². The first kappa shape index (κ1) is 31.1. The fourth-order valence-corrected chi connectivity index (χ4v) is 3.89. The van der Waals surface area contributed by atoms with Crippen molar-refractivity contribution in [3.8, 4) is 0 Å². The third kappa shape index (κ3) is 11.1. The SMILES string of the molecule is CC[C@@H](O)C(C)=C=C[C@@H](OCc1ccccc1)[C@H](C)CC(C)=C=C[C@H](OCc1ccccc1)[C@@H](C)C(=O)O. The Morgan fingerprint density at radius 1 is 0.868 bits per heavy atom. The summed E-state index contributed by atoms with van der Waals surface area (Å²) in [4.78, 5) is 11.7. The fraction of sp³-hybridized carbons (Fsp3) is 0.424. The van der Waals surface area contributed by atoms with E-state index in [4.69, 9.17) is 9.47 Å². The number of hydrogen-bond donors (Lipinski definition) is 2. The van der Waals surface area contributed by atoms with E-state index in [1.54, 1.807) is 13.0 Å². The lowest BCUT2D eigenvalue weighted by atomic mass is 9.95. The highest BCUT2D eigenvalue weighted by molar-refractivity contribution is 5.70. The Labute approximate surface area is 227 Å². The van der Waals surface area contributed by atoms with Gasteiger partial charge in [0, 0.05) is 0 Å². The van der Waals surface area contributed by atoms with Gasteiger partial charge in [-0.3, -0.25) is 4.79 Å². The molecular weight excluding hydrogens is 476 g/mol. The number of carboxylic acids is 1. The van der Waals surface area contributed by atoms with E-state index in [2.05, 4.69) is 18.4 Å². The second kappa shape index (κ2) is 16.6. The van der Waals surface area contributed by atoms with Gasteiger partial charge in [-0.05, 0) is 74.0 Å². The van der Waals surface area contributed by atoms with Gasteiger partial charge in [-0.15, -0.1) is 11.5 Å². The first-order valence-corrected chi connectivity index (χ1v) is 13.3. The second-order valence-corrected chi connectivity index (χ2v) is 9.84. The summed E-state index contributed by atoms with van der Waals surface area (Å²) in [6, 6.07) is 19.7. The Morgan fingerprint density at radius 3 is 1.87 bits per heavy atom. The lowest BCUT2D eigenvalue weighted by Gasteiger charge is -2.21. The monoisotopic (exact) mass is 518 g/mol. The number of aliphatic carboxylic acids is 1. The summed E-state index contributed by atoms with van der Waals surface area (Å²) >= 11 is 0. The quantitative estimate of drug-likeness (QED) is 0.251. The van der Waals surface area contributed by atoms with Crippen LogP contribution in [0.3, 0.4) is 0 Å². The molecule has 0 saturated carbocycles. The molecule has 2 N–H and O–H groups in total. The lowest BCUT2D eigenvalue weighted by molar-refractivity contribution is -0.145. The van der Waals surface area contributed by atoms with E-state index < -0.39 is 24.1 Å². The van der Waals surface area contributed by atoms with Crippen LogP contribution in [0, 0.1) is 11.8 Å². The number of aliphatic hydroxyl groups excluding tert-OH is 1. The second-order valence-electron chi connectivity index (χ2n) is 9.84. The summed E-state index contributed by atoms with van der Waals surface area (Å²) in [6.45, 7) is 10.3. The van der Waals surface area contributed by atoms with Crippen molar-refractivity contribution in [2.75, 3.05) is 0 Å². The Bertz CT molecular complexity index is 1110. The zero-order valence-corrected chi connectivity index (χ0v) is 23.3. The molecule has 38 heavy (non-hydrogen) atoms. The summed E-state index contributed by atoms with van der Waals surface area (Å²) in [5.74, 6) is -1.53. The van der Waals surface area contributed by atoms with Crippen LogP contribution in [0.1, 0.15) is 58.6 Å². The molecule has 0 aliphatic carbocycles. The van der Waals surface area contributed by atoms with Crippen molar-refractivity contribution in [2.45, 2.75) is 79.0 Å². The molecule has 0 radical (unpaired) electrons. The number of aliphatic hydroxyl groups is 1. The Kier molecular flexibility index (Phi) is 13.6. The molecule has 0 amide bonds. The highest BCUT2D eigenvalue weighted by atomic mass is 16.5. The minimum absolute atomic E-state index is 0.0965. The molecule has 204 valence electrons. The highest BCUT2D eigenvalue weighted by Gasteiger charge is 2.22. The Balaban J connectivity index is 2.18. The van der Waals surface area contributed by atoms with Crippen molar-refractivity contribution in [1.82, 2.24) is 0 Å². The predicted molar refractivity (Wildman–Crippen MR) is 151 cm³/mol. The summed E-state index contributed by atoms with van der Waals surface area (Å²) in [7, 11) is 0. The topological polar surface area (TPSA) is 76.0 Å². The number of carboxylic acid groups (broad SMARTS) is 1. The number of carbonyl (C=O) groups is 1. The van der Waals surface area contributed by atoms with Crippen molar-refractivity contribution >= 4 is 5.97 Å². The van der Waals surface area contributed by atoms with Crippen LogP contribution in [-0.4, -0.2) is 34.5 Å². The van der Waals surface area contributed by atoms with Crippen LogP contribution >= 0.6 is 0 Å². The van der Waals surface area contributed by atoms with Crippen LogP contribution in [0.5, 0.6) is 0 Å². The minimum atomic E-state index is -0.914. The first-order chi connectivity index (χ1) is 18.2. The van der Waals surface area contributed by atoms with Crippen LogP contribution in [0.4, 0.5) is 0 Å². The first-order valence-electron chi connectivity index (χ1n) is 13.3. The average Bonchev–Trinajstić information content (AvgIpc) is 2.93. The van der Waals surface area contributed by atoms with Crippen molar-refractivity contribution in [3.05, 3.63) is 107 Å². The van der Waals surface area contributed by atoms with Crippen molar-refractivity contribution < 1.29 is 24.5 Å². The van der Waals surface area contributed by atoms with Gasteiger partial charge in [0.05, 0.1) is 37.4 Å². The van der Waals surface area contributed by atoms with E-state index in [0.29, 0.717) is 26.1 Å². The van der Waals surface area contributed by atoms with Crippen LogP contribution in [-0.2, 0) is 27.5 Å². The highest BCUT2D eigenvalue weighted by Crippen LogP contribution is 2.21. The van der Waals surface area contributed by atoms with Gasteiger partial charge < -0.3 is 19.7 Å². The molecule has 0 spiro atoms. The third-order valence-corrected chi connectivity index (χ3v) is 6.50. The smallest absolute Gasteiger partial charge is 0.309 e. The summed E-state index contributed by atoms with van der Waals surface area (Å²) in [5.41, 5.74) is 10.3. The number of benzene rings is 2. The van der Waals surface area contributed by atoms with Gasteiger partial charge in [0.1, 0.15) is 0 Å². The normalized spacial score (nSPS) is 14.7. The molecule has 5 nitrogen and oxygen atoms in total. The van der Waals surface area contributed by atoms with E-state index in [-0.39, 0.29) is 12.0 Å². The van der Waals surface area contributed by atoms with Gasteiger partial charge in [-0.1, -0.05) is 74.5 Å². The van der Waals surface area contributed by atoms with Crippen LogP contribution in [0.2, 0.25) is 0 Å². The van der Waals surface area contributed by atoms with E-state index in [0.717, 1.165) is 22.3 Å². The zero-order valence-electron chi connectivity index (χ0n) is 23.3. The molecule has 2 aromatic carbocycles. The summed E-state index contributed by atoms with van der Waals surface area (Å²) < 4.78 is 12.2. The summed E-state index contributed by atoms with van der Waals surface area (Å²) in [5, 5.41) is 19.7. The van der Waals surface area contributed by atoms with Crippen molar-refractivity contribution in [3.63, 3.8) is 0 Å². The van der Waals surface area contributed by atoms with Crippen LogP contribution in [0.25, 0.3) is 0 Å². The summed E-state index contributed by atoms with van der Waals surface area (Å²) in [6.07, 6.45) is 3.59. The molecule has 0 heterocycles. The molecule has 0 bridgehead atoms. The standard InChI is InChI=1S/C33H42O5/c1-6-30(34)25(3)18-20-31(37-22-28-13-9-7-10-14-28)26(4)21-24(2)17-19-32(27(5)33(35)36)38-23-29-15-11-8-12-16-29/h7-16,19-20,26-27,30-32,34H,6,21-23H2,1-5H3,(H,35,36)/t17?,18?,26-,27-,30-,31-,32+/m1/s1. The van der Waals surface area contributed by atoms with Crippen molar-refractivity contribution in [1.29, 1.82) is 0 Å². The molecule has 5 heteroatoms. The Hall–Kier alpha value is -3.17. The molecule has 0 aliphatic heterocycles. The van der Waals surface area contributed by atoms with Gasteiger partial charge in [0.15, 0.2) is 0 Å². The van der Waals surface area contributed by atoms with E-state index in [1.807, 2.05) is 87.5 Å². The number of rotatable bonds is 15. The molecule has 0 saturated heterocycles. The molecule has 5 atom stereocenters. The maximum Gasteiger partial charge on any atom is 0.309 e. The number of ether oxygens (including phenoxy) is 2. The molecule has 0 fully saturated rings. The maximum absolute atomic E-state index is 11.7. The van der Waals surface area contributed by atoms with Crippen LogP contribution in [0.15, 0.2) is 95.4 Å². The molecule has 2 aromatic rings. The average molecular weight is 519 g/mol. The van der Waals surface area contributed by atoms with Gasteiger partial charge in [0.25, 0.3) is 0 Å². The Morgan fingerprint density at radius 2 is 1.37 bits per heavy atom. The zero-order chi connectivity index (χ0) is 27.9. The predicted octanol–water partition coefficient (Wildman–Crippen LogP) is 6.88. The molecule has 0 aliphatic rings. The largest absolute Gasteiger partial charge is 0.481 e. The van der Waals surface area contributed by atoms with E-state index >= 15 is 0 Å². The molecule has 0 aromatic heterocycles. The van der Waals surface area contributed by atoms with E-state index in [1.165, 1.54) is 0 Å². The lowest BCUT2D eigenvalue weighted by Crippen LogP contribution is -2.26. The minimum Gasteiger partial charge on any atom is -0.481 e. The molecule has 2 rings (SSSR count). The van der Waals surface area contributed by atoms with Gasteiger partial charge in [0.2, 0.25) is 0 Å². The molecular formula is C33H42O5. The third-order valence-electron chi connectivity index (χ3n) is 6.50. The van der Waals surface area contributed by atoms with Gasteiger partial charge >= 0.3 is 5.97 Å². The van der Waals surface area contributed by atoms with E-state index in [9.17, 15) is 15.0 Å². The van der Waals surface area contributed by atoms with Crippen molar-refractivity contribution in [2.24, 2.45) is 11.8 Å².